The summed E-state index contributed by atoms with van der Waals surface area (Å²) < 4.78 is 39.9. The molecule has 1 heterocycles. The Kier molecular flexibility index (Phi) is 5.49. The van der Waals surface area contributed by atoms with Gasteiger partial charge in [0.05, 0.1) is 4.90 Å². The van der Waals surface area contributed by atoms with Crippen LogP contribution in [0.25, 0.3) is 0 Å². The Balaban J connectivity index is 1.92. The summed E-state index contributed by atoms with van der Waals surface area (Å²) in [6, 6.07) is 4.47. The number of nitrogens with one attached hydrogen (secondary N) is 1. The van der Waals surface area contributed by atoms with E-state index in [-0.39, 0.29) is 16.8 Å². The van der Waals surface area contributed by atoms with Crippen molar-refractivity contribution in [3.05, 3.63) is 30.1 Å². The number of nitrogens with two attached hydrogens (primary N) is 1. The first kappa shape index (κ1) is 16.9. The molecular formula is C14H20FN3O3S. The number of benzene rings is 1. The van der Waals surface area contributed by atoms with Crippen molar-refractivity contribution < 1.29 is 17.6 Å². The van der Waals surface area contributed by atoms with Crippen LogP contribution in [0.4, 0.5) is 4.39 Å². The van der Waals surface area contributed by atoms with Crippen molar-refractivity contribution in [2.45, 2.75) is 30.2 Å². The number of amides is 1. The summed E-state index contributed by atoms with van der Waals surface area (Å²) in [6.45, 7) is 1.33. The van der Waals surface area contributed by atoms with Crippen LogP contribution >= 0.6 is 0 Å². The fourth-order valence-electron chi connectivity index (χ4n) is 2.43. The van der Waals surface area contributed by atoms with Gasteiger partial charge in [0.1, 0.15) is 5.82 Å². The fraction of sp³-hybridized carbons (Fsp3) is 0.500. The van der Waals surface area contributed by atoms with Gasteiger partial charge in [-0.15, -0.1) is 0 Å². The van der Waals surface area contributed by atoms with Gasteiger partial charge in [-0.25, -0.2) is 17.5 Å². The van der Waals surface area contributed by atoms with Crippen LogP contribution in [-0.2, 0) is 14.8 Å². The molecule has 0 aromatic heterocycles. The standard InChI is InChI=1S/C14H20FN3O3S/c15-11-1-3-13(4-2-11)22(20,21)17-12-6-9-18(10-7-12)14(19)5-8-16/h1-4,12,17H,5-10,16H2. The lowest BCUT2D eigenvalue weighted by molar-refractivity contribution is -0.132. The number of likely N-dealkylation sites (tertiary alicyclic amines) is 1. The minimum absolute atomic E-state index is 0.00217. The van der Waals surface area contributed by atoms with E-state index in [2.05, 4.69) is 4.72 Å². The molecule has 1 aromatic rings. The van der Waals surface area contributed by atoms with Crippen LogP contribution in [0.3, 0.4) is 0 Å². The molecule has 3 N–H and O–H groups in total. The first-order chi connectivity index (χ1) is 10.4. The zero-order valence-corrected chi connectivity index (χ0v) is 13.0. The molecule has 1 aliphatic heterocycles. The highest BCUT2D eigenvalue weighted by molar-refractivity contribution is 7.89. The lowest BCUT2D eigenvalue weighted by atomic mass is 10.1. The van der Waals surface area contributed by atoms with Crippen LogP contribution < -0.4 is 10.5 Å². The fourth-order valence-corrected chi connectivity index (χ4v) is 3.73. The predicted octanol–water partition coefficient (Wildman–Crippen LogP) is 0.444. The zero-order chi connectivity index (χ0) is 16.2. The first-order valence-corrected chi connectivity index (χ1v) is 8.66. The quantitative estimate of drug-likeness (QED) is 0.820. The van der Waals surface area contributed by atoms with Crippen molar-refractivity contribution >= 4 is 15.9 Å². The predicted molar refractivity (Wildman–Crippen MR) is 80.0 cm³/mol. The van der Waals surface area contributed by atoms with Gasteiger partial charge in [0.25, 0.3) is 0 Å². The first-order valence-electron chi connectivity index (χ1n) is 7.18. The number of hydrogen-bond acceptors (Lipinski definition) is 4. The maximum Gasteiger partial charge on any atom is 0.240 e. The SMILES string of the molecule is NCCC(=O)N1CCC(NS(=O)(=O)c2ccc(F)cc2)CC1. The third-order valence-corrected chi connectivity index (χ3v) is 5.19. The Morgan fingerprint density at radius 2 is 1.86 bits per heavy atom. The number of rotatable bonds is 5. The van der Waals surface area contributed by atoms with Crippen LogP contribution in [0.5, 0.6) is 0 Å². The average molecular weight is 329 g/mol. The number of nitrogens with zero attached hydrogens (tertiary/aromatic N) is 1. The summed E-state index contributed by atoms with van der Waals surface area (Å²) in [5.74, 6) is -0.479. The number of hydrogen-bond donors (Lipinski definition) is 2. The van der Waals surface area contributed by atoms with Gasteiger partial charge >= 0.3 is 0 Å². The molecule has 22 heavy (non-hydrogen) atoms. The van der Waals surface area contributed by atoms with Crippen molar-refractivity contribution in [1.29, 1.82) is 0 Å². The maximum atomic E-state index is 12.9. The summed E-state index contributed by atoms with van der Waals surface area (Å²) >= 11 is 0. The highest BCUT2D eigenvalue weighted by Crippen LogP contribution is 2.16. The Labute approximate surface area is 129 Å². The van der Waals surface area contributed by atoms with Gasteiger partial charge in [0.2, 0.25) is 15.9 Å². The van der Waals surface area contributed by atoms with Crippen LogP contribution in [-0.4, -0.2) is 44.9 Å². The topological polar surface area (TPSA) is 92.5 Å². The van der Waals surface area contributed by atoms with Gasteiger partial charge in [-0.1, -0.05) is 0 Å². The summed E-state index contributed by atoms with van der Waals surface area (Å²) in [6.07, 6.45) is 1.42. The molecular weight excluding hydrogens is 309 g/mol. The number of sulfonamides is 1. The highest BCUT2D eigenvalue weighted by atomic mass is 32.2. The van der Waals surface area contributed by atoms with Gasteiger partial charge in [-0.3, -0.25) is 4.79 Å². The van der Waals surface area contributed by atoms with Gasteiger partial charge in [-0.05, 0) is 37.1 Å². The third kappa shape index (κ3) is 4.25. The molecule has 0 atom stereocenters. The van der Waals surface area contributed by atoms with E-state index in [1.54, 1.807) is 4.90 Å². The third-order valence-electron chi connectivity index (χ3n) is 3.65. The molecule has 8 heteroatoms. The molecule has 0 unspecified atom stereocenters. The number of piperidine rings is 1. The van der Waals surface area contributed by atoms with Crippen LogP contribution in [0, 0.1) is 5.82 Å². The van der Waals surface area contributed by atoms with Gasteiger partial charge in [-0.2, -0.15) is 0 Å². The molecule has 1 aromatic carbocycles. The van der Waals surface area contributed by atoms with E-state index >= 15 is 0 Å². The summed E-state index contributed by atoms with van der Waals surface area (Å²) in [5, 5.41) is 0. The van der Waals surface area contributed by atoms with E-state index in [1.165, 1.54) is 12.1 Å². The lowest BCUT2D eigenvalue weighted by Crippen LogP contribution is -2.46. The summed E-state index contributed by atoms with van der Waals surface area (Å²) in [5.41, 5.74) is 5.36. The minimum atomic E-state index is -3.66. The van der Waals surface area contributed by atoms with Crippen molar-refractivity contribution in [1.82, 2.24) is 9.62 Å². The Hall–Kier alpha value is -1.51. The van der Waals surface area contributed by atoms with Crippen LogP contribution in [0.2, 0.25) is 0 Å². The summed E-state index contributed by atoms with van der Waals surface area (Å²) in [4.78, 5) is 13.5. The van der Waals surface area contributed by atoms with Crippen molar-refractivity contribution in [3.8, 4) is 0 Å². The molecule has 0 bridgehead atoms. The van der Waals surface area contributed by atoms with Gasteiger partial charge in [0.15, 0.2) is 0 Å². The molecule has 0 saturated carbocycles. The highest BCUT2D eigenvalue weighted by Gasteiger charge is 2.26. The minimum Gasteiger partial charge on any atom is -0.343 e. The molecule has 122 valence electrons. The molecule has 1 fully saturated rings. The monoisotopic (exact) mass is 329 g/mol. The Bertz CT molecular complexity index is 611. The maximum absolute atomic E-state index is 12.9. The normalized spacial score (nSPS) is 16.7. The molecule has 1 saturated heterocycles. The number of halogens is 1. The Morgan fingerprint density at radius 3 is 2.41 bits per heavy atom. The smallest absolute Gasteiger partial charge is 0.240 e. The van der Waals surface area contributed by atoms with E-state index in [0.717, 1.165) is 12.1 Å². The van der Waals surface area contributed by atoms with E-state index in [0.29, 0.717) is 38.9 Å². The van der Waals surface area contributed by atoms with Crippen LogP contribution in [0.1, 0.15) is 19.3 Å². The van der Waals surface area contributed by atoms with E-state index in [9.17, 15) is 17.6 Å². The lowest BCUT2D eigenvalue weighted by Gasteiger charge is -2.32. The number of carbonyl (C=O) groups is 1. The second-order valence-electron chi connectivity index (χ2n) is 5.27. The molecule has 0 radical (unpaired) electrons. The second kappa shape index (κ2) is 7.17. The average Bonchev–Trinajstić information content (AvgIpc) is 2.48. The van der Waals surface area contributed by atoms with Crippen molar-refractivity contribution in [2.24, 2.45) is 5.73 Å². The van der Waals surface area contributed by atoms with Crippen molar-refractivity contribution in [2.75, 3.05) is 19.6 Å². The molecule has 2 rings (SSSR count). The molecule has 1 aliphatic rings. The zero-order valence-electron chi connectivity index (χ0n) is 12.2. The molecule has 0 aliphatic carbocycles. The largest absolute Gasteiger partial charge is 0.343 e. The van der Waals surface area contributed by atoms with Crippen molar-refractivity contribution in [3.63, 3.8) is 0 Å². The summed E-state index contributed by atoms with van der Waals surface area (Å²) in [7, 11) is -3.66. The Morgan fingerprint density at radius 1 is 1.27 bits per heavy atom. The van der Waals surface area contributed by atoms with Gasteiger partial charge < -0.3 is 10.6 Å². The van der Waals surface area contributed by atoms with E-state index < -0.39 is 15.8 Å². The second-order valence-corrected chi connectivity index (χ2v) is 6.98. The molecule has 0 spiro atoms. The van der Waals surface area contributed by atoms with Gasteiger partial charge in [0, 0.05) is 32.1 Å². The van der Waals surface area contributed by atoms with Crippen LogP contribution in [0.15, 0.2) is 29.2 Å². The number of carbonyl (C=O) groups excluding carboxylic acids is 1. The van der Waals surface area contributed by atoms with E-state index in [1.807, 2.05) is 0 Å². The van der Waals surface area contributed by atoms with E-state index in [4.69, 9.17) is 5.73 Å². The molecule has 1 amide bonds. The molecule has 6 nitrogen and oxygen atoms in total.